The topological polar surface area (TPSA) is 49.8 Å². The summed E-state index contributed by atoms with van der Waals surface area (Å²) in [6.45, 7) is 8.22. The summed E-state index contributed by atoms with van der Waals surface area (Å²) in [6.07, 6.45) is 0. The van der Waals surface area contributed by atoms with E-state index in [1.54, 1.807) is 0 Å². The summed E-state index contributed by atoms with van der Waals surface area (Å²) in [5.41, 5.74) is 6.61. The number of benzene rings is 2. The third-order valence-electron chi connectivity index (χ3n) is 3.81. The van der Waals surface area contributed by atoms with Crippen LogP contribution in [0.2, 0.25) is 0 Å². The fourth-order valence-corrected chi connectivity index (χ4v) is 2.55. The van der Waals surface area contributed by atoms with E-state index in [1.165, 1.54) is 16.7 Å². The highest BCUT2D eigenvalue weighted by molar-refractivity contribution is 5.63. The smallest absolute Gasteiger partial charge is 0.229 e. The zero-order chi connectivity index (χ0) is 17.1. The Kier molecular flexibility index (Phi) is 4.47. The highest BCUT2D eigenvalue weighted by atomic mass is 15.1. The second kappa shape index (κ2) is 6.71. The molecule has 3 aromatic rings. The summed E-state index contributed by atoms with van der Waals surface area (Å²) < 4.78 is 0. The fraction of sp³-hybridized carbons (Fsp3) is 0.200. The number of hydrogen-bond acceptors (Lipinski definition) is 4. The Morgan fingerprint density at radius 2 is 1.42 bits per heavy atom. The summed E-state index contributed by atoms with van der Waals surface area (Å²) in [5, 5.41) is 6.64. The van der Waals surface area contributed by atoms with E-state index in [9.17, 15) is 0 Å². The van der Waals surface area contributed by atoms with Gasteiger partial charge in [-0.3, -0.25) is 0 Å². The van der Waals surface area contributed by atoms with Crippen LogP contribution in [0.1, 0.15) is 22.4 Å². The van der Waals surface area contributed by atoms with Gasteiger partial charge in [0.25, 0.3) is 0 Å². The average Bonchev–Trinajstić information content (AvgIpc) is 2.52. The summed E-state index contributed by atoms with van der Waals surface area (Å²) in [7, 11) is 0. The van der Waals surface area contributed by atoms with Gasteiger partial charge in [-0.1, -0.05) is 35.4 Å². The molecule has 2 aromatic carbocycles. The summed E-state index contributed by atoms with van der Waals surface area (Å²) in [6, 6.07) is 16.4. The molecular formula is C20H22N4. The number of hydrogen-bond donors (Lipinski definition) is 2. The monoisotopic (exact) mass is 318 g/mol. The van der Waals surface area contributed by atoms with Crippen molar-refractivity contribution in [3.05, 3.63) is 70.9 Å². The first-order chi connectivity index (χ1) is 11.5. The number of aromatic nitrogens is 2. The van der Waals surface area contributed by atoms with Crippen LogP contribution in [-0.4, -0.2) is 9.97 Å². The Labute approximate surface area is 143 Å². The molecule has 0 amide bonds. The molecule has 4 heteroatoms. The molecule has 3 rings (SSSR count). The number of aryl methyl sites for hydroxylation is 4. The maximum atomic E-state index is 4.58. The molecule has 122 valence electrons. The summed E-state index contributed by atoms with van der Waals surface area (Å²) in [4.78, 5) is 9.04. The fourth-order valence-electron chi connectivity index (χ4n) is 2.55. The molecule has 1 aromatic heterocycles. The molecule has 24 heavy (non-hydrogen) atoms. The van der Waals surface area contributed by atoms with Gasteiger partial charge in [0, 0.05) is 23.1 Å². The molecule has 0 saturated heterocycles. The van der Waals surface area contributed by atoms with Gasteiger partial charge in [-0.15, -0.1) is 0 Å². The molecule has 0 bridgehead atoms. The van der Waals surface area contributed by atoms with Crippen molar-refractivity contribution in [1.82, 2.24) is 9.97 Å². The number of anilines is 4. The molecule has 0 saturated carbocycles. The molecular weight excluding hydrogens is 296 g/mol. The molecule has 1 heterocycles. The van der Waals surface area contributed by atoms with Gasteiger partial charge in [-0.25, -0.2) is 4.98 Å². The van der Waals surface area contributed by atoms with Crippen LogP contribution in [0, 0.1) is 27.7 Å². The highest BCUT2D eigenvalue weighted by Crippen LogP contribution is 2.22. The maximum absolute atomic E-state index is 4.58. The minimum absolute atomic E-state index is 0.589. The van der Waals surface area contributed by atoms with Crippen molar-refractivity contribution in [2.75, 3.05) is 10.6 Å². The van der Waals surface area contributed by atoms with Crippen LogP contribution >= 0.6 is 0 Å². The molecule has 0 atom stereocenters. The van der Waals surface area contributed by atoms with E-state index in [-0.39, 0.29) is 0 Å². The van der Waals surface area contributed by atoms with E-state index in [4.69, 9.17) is 0 Å². The molecule has 2 N–H and O–H groups in total. The SMILES string of the molecule is Cc1ccc(Nc2nc(C)cc(Nc3ccc(C)cc3C)n2)cc1. The number of nitrogens with one attached hydrogen (secondary N) is 2. The van der Waals surface area contributed by atoms with Crippen molar-refractivity contribution in [2.24, 2.45) is 0 Å². The molecule has 4 nitrogen and oxygen atoms in total. The zero-order valence-corrected chi connectivity index (χ0v) is 14.5. The van der Waals surface area contributed by atoms with E-state index in [2.05, 4.69) is 71.7 Å². The minimum atomic E-state index is 0.589. The van der Waals surface area contributed by atoms with Gasteiger partial charge in [0.1, 0.15) is 5.82 Å². The van der Waals surface area contributed by atoms with Crippen LogP contribution in [0.5, 0.6) is 0 Å². The van der Waals surface area contributed by atoms with Gasteiger partial charge in [0.2, 0.25) is 5.95 Å². The molecule has 0 spiro atoms. The maximum Gasteiger partial charge on any atom is 0.229 e. The van der Waals surface area contributed by atoms with E-state index in [0.717, 1.165) is 22.9 Å². The van der Waals surface area contributed by atoms with Crippen LogP contribution in [0.3, 0.4) is 0 Å². The first-order valence-corrected chi connectivity index (χ1v) is 8.03. The predicted molar refractivity (Wildman–Crippen MR) is 100 cm³/mol. The van der Waals surface area contributed by atoms with Crippen molar-refractivity contribution >= 4 is 23.1 Å². The van der Waals surface area contributed by atoms with Gasteiger partial charge in [0.05, 0.1) is 0 Å². The van der Waals surface area contributed by atoms with Crippen molar-refractivity contribution in [3.63, 3.8) is 0 Å². The quantitative estimate of drug-likeness (QED) is 0.694. The van der Waals surface area contributed by atoms with Crippen LogP contribution in [-0.2, 0) is 0 Å². The number of nitrogens with zero attached hydrogens (tertiary/aromatic N) is 2. The summed E-state index contributed by atoms with van der Waals surface area (Å²) in [5.74, 6) is 1.37. The first-order valence-electron chi connectivity index (χ1n) is 8.03. The van der Waals surface area contributed by atoms with Gasteiger partial charge in [-0.05, 0) is 51.5 Å². The Hall–Kier alpha value is -2.88. The zero-order valence-electron chi connectivity index (χ0n) is 14.5. The van der Waals surface area contributed by atoms with Crippen molar-refractivity contribution in [3.8, 4) is 0 Å². The third kappa shape index (κ3) is 3.90. The Bertz CT molecular complexity index is 854. The van der Waals surface area contributed by atoms with Crippen molar-refractivity contribution < 1.29 is 0 Å². The Morgan fingerprint density at radius 3 is 2.12 bits per heavy atom. The molecule has 0 unspecified atom stereocenters. The highest BCUT2D eigenvalue weighted by Gasteiger charge is 2.05. The van der Waals surface area contributed by atoms with Crippen LogP contribution in [0.25, 0.3) is 0 Å². The lowest BCUT2D eigenvalue weighted by molar-refractivity contribution is 1.11. The molecule has 0 radical (unpaired) electrons. The Balaban J connectivity index is 1.84. The lowest BCUT2D eigenvalue weighted by Gasteiger charge is -2.12. The van der Waals surface area contributed by atoms with Crippen LogP contribution in [0.4, 0.5) is 23.1 Å². The lowest BCUT2D eigenvalue weighted by atomic mass is 10.1. The Morgan fingerprint density at radius 1 is 0.708 bits per heavy atom. The second-order valence-corrected chi connectivity index (χ2v) is 6.15. The number of rotatable bonds is 4. The van der Waals surface area contributed by atoms with E-state index in [1.807, 2.05) is 25.1 Å². The second-order valence-electron chi connectivity index (χ2n) is 6.15. The lowest BCUT2D eigenvalue weighted by Crippen LogP contribution is -2.03. The first kappa shape index (κ1) is 16.0. The van der Waals surface area contributed by atoms with Gasteiger partial charge >= 0.3 is 0 Å². The van der Waals surface area contributed by atoms with Gasteiger partial charge in [0.15, 0.2) is 0 Å². The van der Waals surface area contributed by atoms with Gasteiger partial charge < -0.3 is 10.6 Å². The predicted octanol–water partition coefficient (Wildman–Crippen LogP) is 5.20. The normalized spacial score (nSPS) is 10.5. The van der Waals surface area contributed by atoms with Crippen LogP contribution in [0.15, 0.2) is 48.5 Å². The van der Waals surface area contributed by atoms with Crippen molar-refractivity contribution in [1.29, 1.82) is 0 Å². The van der Waals surface area contributed by atoms with E-state index < -0.39 is 0 Å². The van der Waals surface area contributed by atoms with E-state index in [0.29, 0.717) is 5.95 Å². The van der Waals surface area contributed by atoms with Crippen LogP contribution < -0.4 is 10.6 Å². The third-order valence-corrected chi connectivity index (χ3v) is 3.81. The standard InChI is InChI=1S/C20H22N4/c1-13-5-8-17(9-6-13)22-20-21-16(4)12-19(24-20)23-18-10-7-14(2)11-15(18)3/h5-12H,1-4H3,(H2,21,22,23,24). The average molecular weight is 318 g/mol. The summed E-state index contributed by atoms with van der Waals surface area (Å²) >= 11 is 0. The minimum Gasteiger partial charge on any atom is -0.340 e. The molecule has 0 aliphatic rings. The molecule has 0 fully saturated rings. The molecule has 0 aliphatic heterocycles. The van der Waals surface area contributed by atoms with E-state index >= 15 is 0 Å². The largest absolute Gasteiger partial charge is 0.340 e. The van der Waals surface area contributed by atoms with Gasteiger partial charge in [-0.2, -0.15) is 4.98 Å². The van der Waals surface area contributed by atoms with Crippen molar-refractivity contribution in [2.45, 2.75) is 27.7 Å². The molecule has 0 aliphatic carbocycles.